The molecule has 1 aromatic carbocycles. The fourth-order valence-electron chi connectivity index (χ4n) is 2.20. The largest absolute Gasteiger partial charge is 0.496 e. The first-order chi connectivity index (χ1) is 10.2. The van der Waals surface area contributed by atoms with E-state index >= 15 is 0 Å². The van der Waals surface area contributed by atoms with Crippen LogP contribution in [-0.2, 0) is 20.8 Å². The third kappa shape index (κ3) is 3.75. The third-order valence-electron chi connectivity index (χ3n) is 3.37. The zero-order chi connectivity index (χ0) is 16.9. The highest BCUT2D eigenvalue weighted by Gasteiger charge is 2.47. The fraction of sp³-hybridized carbons (Fsp3) is 0.400. The zero-order valence-electron chi connectivity index (χ0n) is 12.7. The van der Waals surface area contributed by atoms with Crippen LogP contribution in [0, 0.1) is 6.92 Å². The molecule has 0 aromatic heterocycles. The van der Waals surface area contributed by atoms with Crippen LogP contribution < -0.4 is 10.1 Å². The van der Waals surface area contributed by atoms with Crippen molar-refractivity contribution in [1.82, 2.24) is 5.32 Å². The summed E-state index contributed by atoms with van der Waals surface area (Å²) in [6.45, 7) is 2.91. The van der Waals surface area contributed by atoms with Crippen LogP contribution in [0.4, 0.5) is 0 Å². The van der Waals surface area contributed by atoms with Gasteiger partial charge in [-0.25, -0.2) is 9.59 Å². The Morgan fingerprint density at radius 3 is 2.23 bits per heavy atom. The van der Waals surface area contributed by atoms with Crippen molar-refractivity contribution < 1.29 is 29.3 Å². The Morgan fingerprint density at radius 2 is 1.82 bits per heavy atom. The highest BCUT2D eigenvalue weighted by molar-refractivity contribution is 6.06. The van der Waals surface area contributed by atoms with Crippen molar-refractivity contribution in [2.45, 2.75) is 32.2 Å². The summed E-state index contributed by atoms with van der Waals surface area (Å²) in [7, 11) is 1.54. The Balaban J connectivity index is 3.01. The summed E-state index contributed by atoms with van der Waals surface area (Å²) in [5, 5.41) is 20.5. The quantitative estimate of drug-likeness (QED) is 0.647. The van der Waals surface area contributed by atoms with E-state index in [0.717, 1.165) is 18.1 Å². The summed E-state index contributed by atoms with van der Waals surface area (Å²) < 4.78 is 5.13. The number of aliphatic carboxylic acids is 2. The maximum atomic E-state index is 11.4. The van der Waals surface area contributed by atoms with Gasteiger partial charge < -0.3 is 20.3 Å². The zero-order valence-corrected chi connectivity index (χ0v) is 12.7. The Kier molecular flexibility index (Phi) is 5.50. The monoisotopic (exact) mass is 309 g/mol. The van der Waals surface area contributed by atoms with Gasteiger partial charge in [0.25, 0.3) is 0 Å². The van der Waals surface area contributed by atoms with Crippen molar-refractivity contribution in [3.8, 4) is 5.75 Å². The van der Waals surface area contributed by atoms with Crippen LogP contribution in [0.3, 0.4) is 0 Å². The first-order valence-electron chi connectivity index (χ1n) is 6.62. The lowest BCUT2D eigenvalue weighted by molar-refractivity contribution is -0.161. The van der Waals surface area contributed by atoms with E-state index in [9.17, 15) is 24.6 Å². The van der Waals surface area contributed by atoms with Crippen LogP contribution in [0.25, 0.3) is 0 Å². The summed E-state index contributed by atoms with van der Waals surface area (Å²) in [4.78, 5) is 33.9. The number of carboxylic acids is 2. The molecule has 22 heavy (non-hydrogen) atoms. The molecule has 7 heteroatoms. The van der Waals surface area contributed by atoms with Gasteiger partial charge >= 0.3 is 11.9 Å². The summed E-state index contributed by atoms with van der Waals surface area (Å²) in [5.41, 5.74) is -0.717. The predicted molar refractivity (Wildman–Crippen MR) is 77.9 cm³/mol. The number of methoxy groups -OCH3 is 1. The van der Waals surface area contributed by atoms with Crippen LogP contribution in [0.5, 0.6) is 5.75 Å². The lowest BCUT2D eigenvalue weighted by Crippen LogP contribution is -2.60. The first kappa shape index (κ1) is 17.5. The molecule has 1 aromatic rings. The number of nitrogens with one attached hydrogen (secondary N) is 1. The Hall–Kier alpha value is -2.57. The minimum absolute atomic E-state index is 0.184. The molecular weight excluding hydrogens is 290 g/mol. The van der Waals surface area contributed by atoms with Crippen LogP contribution in [0.15, 0.2) is 18.2 Å². The topological polar surface area (TPSA) is 113 Å². The van der Waals surface area contributed by atoms with Crippen LogP contribution in [0.1, 0.15) is 24.5 Å². The molecule has 0 heterocycles. The minimum atomic E-state index is -2.33. The summed E-state index contributed by atoms with van der Waals surface area (Å²) in [5.74, 6) is -3.22. The number of carbonyl (C=O) groups excluding carboxylic acids is 1. The average molecular weight is 309 g/mol. The Bertz CT molecular complexity index is 582. The van der Waals surface area contributed by atoms with Gasteiger partial charge in [-0.3, -0.25) is 4.79 Å². The van der Waals surface area contributed by atoms with Crippen LogP contribution in [0.2, 0.25) is 0 Å². The fourth-order valence-corrected chi connectivity index (χ4v) is 2.20. The van der Waals surface area contributed by atoms with Crippen molar-refractivity contribution >= 4 is 17.8 Å². The van der Waals surface area contributed by atoms with Gasteiger partial charge in [0.1, 0.15) is 5.75 Å². The van der Waals surface area contributed by atoms with E-state index in [-0.39, 0.29) is 12.8 Å². The number of amides is 1. The maximum absolute atomic E-state index is 11.4. The second kappa shape index (κ2) is 6.93. The molecule has 0 bridgehead atoms. The second-order valence-electron chi connectivity index (χ2n) is 5.00. The molecule has 1 amide bonds. The van der Waals surface area contributed by atoms with E-state index in [1.165, 1.54) is 0 Å². The Labute approximate surface area is 127 Å². The molecule has 0 aliphatic heterocycles. The molecule has 0 saturated carbocycles. The van der Waals surface area contributed by atoms with E-state index in [2.05, 4.69) is 0 Å². The molecule has 0 radical (unpaired) electrons. The molecule has 0 spiro atoms. The number of carbonyl (C=O) groups is 3. The van der Waals surface area contributed by atoms with Crippen LogP contribution >= 0.6 is 0 Å². The summed E-state index contributed by atoms with van der Waals surface area (Å²) in [6.07, 6.45) is -0.0767. The second-order valence-corrected chi connectivity index (χ2v) is 5.00. The normalized spacial score (nSPS) is 10.9. The minimum Gasteiger partial charge on any atom is -0.496 e. The molecule has 0 aliphatic carbocycles. The van der Waals surface area contributed by atoms with E-state index < -0.39 is 23.4 Å². The van der Waals surface area contributed by atoms with Gasteiger partial charge in [0.15, 0.2) is 0 Å². The van der Waals surface area contributed by atoms with Crippen LogP contribution in [-0.4, -0.2) is 40.7 Å². The highest BCUT2D eigenvalue weighted by Crippen LogP contribution is 2.22. The summed E-state index contributed by atoms with van der Waals surface area (Å²) >= 11 is 0. The number of ether oxygens (including phenoxy) is 1. The number of hydrogen-bond donors (Lipinski definition) is 3. The van der Waals surface area contributed by atoms with E-state index in [1.54, 1.807) is 25.3 Å². The van der Waals surface area contributed by atoms with Crippen molar-refractivity contribution in [3.63, 3.8) is 0 Å². The average Bonchev–Trinajstić information content (AvgIpc) is 2.42. The molecule has 0 fully saturated rings. The van der Waals surface area contributed by atoms with Gasteiger partial charge in [0.2, 0.25) is 11.4 Å². The van der Waals surface area contributed by atoms with Gasteiger partial charge in [-0.15, -0.1) is 0 Å². The van der Waals surface area contributed by atoms with Crippen molar-refractivity contribution in [2.24, 2.45) is 0 Å². The molecular formula is C15H19NO6. The first-order valence-corrected chi connectivity index (χ1v) is 6.62. The van der Waals surface area contributed by atoms with Crippen molar-refractivity contribution in [3.05, 3.63) is 29.3 Å². The number of rotatable bonds is 7. The van der Waals surface area contributed by atoms with E-state index in [1.807, 2.05) is 12.2 Å². The van der Waals surface area contributed by atoms with E-state index in [0.29, 0.717) is 5.75 Å². The van der Waals surface area contributed by atoms with Gasteiger partial charge in [0.05, 0.1) is 7.11 Å². The molecule has 7 nitrogen and oxygen atoms in total. The Morgan fingerprint density at radius 1 is 1.23 bits per heavy atom. The predicted octanol–water partition coefficient (Wildman–Crippen LogP) is 0.980. The van der Waals surface area contributed by atoms with Gasteiger partial charge in [-0.2, -0.15) is 0 Å². The van der Waals surface area contributed by atoms with E-state index in [4.69, 9.17) is 4.74 Å². The number of carboxylic acid groups (broad SMARTS) is 2. The molecule has 120 valence electrons. The lowest BCUT2D eigenvalue weighted by Gasteiger charge is -2.25. The maximum Gasteiger partial charge on any atom is 0.341 e. The molecule has 0 unspecified atom stereocenters. The molecule has 0 atom stereocenters. The highest BCUT2D eigenvalue weighted by atomic mass is 16.5. The number of aryl methyl sites for hydroxylation is 2. The molecule has 0 saturated heterocycles. The number of hydrogen-bond acceptors (Lipinski definition) is 4. The van der Waals surface area contributed by atoms with Gasteiger partial charge in [-0.1, -0.05) is 12.1 Å². The lowest BCUT2D eigenvalue weighted by atomic mass is 9.90. The van der Waals surface area contributed by atoms with Crippen molar-refractivity contribution in [2.75, 3.05) is 7.11 Å². The number of benzene rings is 1. The van der Waals surface area contributed by atoms with Gasteiger partial charge in [0, 0.05) is 6.92 Å². The van der Waals surface area contributed by atoms with Gasteiger partial charge in [-0.05, 0) is 37.0 Å². The smallest absolute Gasteiger partial charge is 0.341 e. The third-order valence-corrected chi connectivity index (χ3v) is 3.37. The molecule has 0 aliphatic rings. The molecule has 3 N–H and O–H groups in total. The standard InChI is InChI=1S/C15H19NO6/c1-9-8-11(4-5-12(9)22-3)6-7-15(13(18)19,14(20)21)16-10(2)17/h4-5,8H,6-7H2,1-3H3,(H,16,17)(H,18,19)(H,20,21). The molecule has 1 rings (SSSR count). The van der Waals surface area contributed by atoms with Crippen molar-refractivity contribution in [1.29, 1.82) is 0 Å². The summed E-state index contributed by atoms with van der Waals surface area (Å²) in [6, 6.07) is 5.25. The SMILES string of the molecule is COc1ccc(CCC(NC(C)=O)(C(=O)O)C(=O)O)cc1C.